The van der Waals surface area contributed by atoms with E-state index in [0.29, 0.717) is 5.95 Å². The van der Waals surface area contributed by atoms with Crippen LogP contribution in [0.5, 0.6) is 0 Å². The lowest BCUT2D eigenvalue weighted by molar-refractivity contribution is 0.236. The third-order valence-electron chi connectivity index (χ3n) is 2.35. The monoisotopic (exact) mass is 274 g/mol. The van der Waals surface area contributed by atoms with Crippen molar-refractivity contribution in [3.63, 3.8) is 0 Å². The Labute approximate surface area is 107 Å². The van der Waals surface area contributed by atoms with Gasteiger partial charge in [0.1, 0.15) is 4.90 Å². The number of aliphatic hydroxyl groups is 1. The molecule has 0 aromatic carbocycles. The maximum atomic E-state index is 12.3. The van der Waals surface area contributed by atoms with Crippen molar-refractivity contribution in [2.24, 2.45) is 0 Å². The zero-order chi connectivity index (χ0) is 13.8. The lowest BCUT2D eigenvalue weighted by Gasteiger charge is -2.24. The summed E-state index contributed by atoms with van der Waals surface area (Å²) in [6, 6.07) is -0.244. The molecule has 1 rings (SSSR count). The number of aromatic nitrogens is 2. The van der Waals surface area contributed by atoms with Crippen LogP contribution in [-0.2, 0) is 10.0 Å². The zero-order valence-corrected chi connectivity index (χ0v) is 11.5. The lowest BCUT2D eigenvalue weighted by Crippen LogP contribution is -2.39. The Kier molecular flexibility index (Phi) is 5.00. The molecule has 0 aliphatic heterocycles. The second-order valence-electron chi connectivity index (χ2n) is 3.93. The van der Waals surface area contributed by atoms with Gasteiger partial charge in [0, 0.05) is 19.6 Å². The van der Waals surface area contributed by atoms with Crippen molar-refractivity contribution in [3.8, 4) is 0 Å². The maximum Gasteiger partial charge on any atom is 0.246 e. The summed E-state index contributed by atoms with van der Waals surface area (Å²) in [4.78, 5) is 7.77. The molecule has 0 saturated heterocycles. The van der Waals surface area contributed by atoms with Gasteiger partial charge >= 0.3 is 0 Å². The van der Waals surface area contributed by atoms with E-state index in [1.54, 1.807) is 20.9 Å². The highest BCUT2D eigenvalue weighted by molar-refractivity contribution is 7.89. The molecule has 1 aromatic heterocycles. The average molecular weight is 274 g/mol. The van der Waals surface area contributed by atoms with Gasteiger partial charge in [0.2, 0.25) is 16.0 Å². The molecule has 0 amide bonds. The number of hydrogen-bond acceptors (Lipinski definition) is 6. The fourth-order valence-electron chi connectivity index (χ4n) is 1.47. The molecule has 102 valence electrons. The molecule has 1 heterocycles. The summed E-state index contributed by atoms with van der Waals surface area (Å²) in [6.45, 7) is 3.31. The van der Waals surface area contributed by atoms with Gasteiger partial charge in [-0.15, -0.1) is 0 Å². The van der Waals surface area contributed by atoms with Crippen LogP contribution in [0, 0.1) is 0 Å². The molecule has 2 N–H and O–H groups in total. The standard InChI is InChI=1S/C10H18N4O3S/c1-8(2)14(4-5-15)18(16,17)9-6-12-10(11-3)13-7-9/h6-8,15H,4-5H2,1-3H3,(H,11,12,13). The highest BCUT2D eigenvalue weighted by atomic mass is 32.2. The van der Waals surface area contributed by atoms with Gasteiger partial charge in [-0.3, -0.25) is 0 Å². The molecule has 0 fully saturated rings. The zero-order valence-electron chi connectivity index (χ0n) is 10.7. The summed E-state index contributed by atoms with van der Waals surface area (Å²) in [5.41, 5.74) is 0. The van der Waals surface area contributed by atoms with Crippen LogP contribution >= 0.6 is 0 Å². The Morgan fingerprint density at radius 1 is 1.39 bits per heavy atom. The van der Waals surface area contributed by atoms with Crippen molar-refractivity contribution >= 4 is 16.0 Å². The lowest BCUT2D eigenvalue weighted by atomic mass is 10.4. The average Bonchev–Trinajstić information content (AvgIpc) is 2.35. The quantitative estimate of drug-likeness (QED) is 0.752. The highest BCUT2D eigenvalue weighted by Gasteiger charge is 2.27. The molecule has 0 atom stereocenters. The number of rotatable bonds is 6. The predicted molar refractivity (Wildman–Crippen MR) is 67.7 cm³/mol. The van der Waals surface area contributed by atoms with Crippen LogP contribution in [0.25, 0.3) is 0 Å². The summed E-state index contributed by atoms with van der Waals surface area (Å²) in [5, 5.41) is 11.6. The first kappa shape index (κ1) is 14.8. The predicted octanol–water partition coefficient (Wildman–Crippen LogP) is -0.0903. The Morgan fingerprint density at radius 3 is 2.33 bits per heavy atom. The minimum atomic E-state index is -3.67. The molecular weight excluding hydrogens is 256 g/mol. The van der Waals surface area contributed by atoms with E-state index in [1.807, 2.05) is 0 Å². The molecule has 0 aliphatic rings. The van der Waals surface area contributed by atoms with Crippen LogP contribution < -0.4 is 5.32 Å². The van der Waals surface area contributed by atoms with Gasteiger partial charge in [0.15, 0.2) is 0 Å². The van der Waals surface area contributed by atoms with Crippen LogP contribution in [-0.4, -0.2) is 54.0 Å². The fourth-order valence-corrected chi connectivity index (χ4v) is 2.99. The maximum absolute atomic E-state index is 12.3. The van der Waals surface area contributed by atoms with Gasteiger partial charge in [0.05, 0.1) is 19.0 Å². The minimum Gasteiger partial charge on any atom is -0.395 e. The van der Waals surface area contributed by atoms with Crippen molar-refractivity contribution in [1.82, 2.24) is 14.3 Å². The van der Waals surface area contributed by atoms with Gasteiger partial charge in [-0.1, -0.05) is 0 Å². The van der Waals surface area contributed by atoms with Crippen molar-refractivity contribution in [2.45, 2.75) is 24.8 Å². The van der Waals surface area contributed by atoms with Crippen molar-refractivity contribution < 1.29 is 13.5 Å². The van der Waals surface area contributed by atoms with Crippen molar-refractivity contribution in [1.29, 1.82) is 0 Å². The summed E-state index contributed by atoms with van der Waals surface area (Å²) in [6.07, 6.45) is 2.50. The van der Waals surface area contributed by atoms with Crippen molar-refractivity contribution in [3.05, 3.63) is 12.4 Å². The molecule has 0 aliphatic carbocycles. The molecule has 0 radical (unpaired) electrons. The van der Waals surface area contributed by atoms with Gasteiger partial charge in [0.25, 0.3) is 0 Å². The third kappa shape index (κ3) is 3.15. The Balaban J connectivity index is 3.09. The first-order valence-corrected chi connectivity index (χ1v) is 7.00. The SMILES string of the molecule is CNc1ncc(S(=O)(=O)N(CCO)C(C)C)cn1. The topological polar surface area (TPSA) is 95.4 Å². The molecule has 0 bridgehead atoms. The molecule has 18 heavy (non-hydrogen) atoms. The van der Waals surface area contributed by atoms with Crippen LogP contribution in [0.2, 0.25) is 0 Å². The molecule has 8 heteroatoms. The number of sulfonamides is 1. The normalized spacial score (nSPS) is 12.1. The molecule has 1 aromatic rings. The Morgan fingerprint density at radius 2 is 1.94 bits per heavy atom. The van der Waals surface area contributed by atoms with Crippen LogP contribution in [0.15, 0.2) is 17.3 Å². The number of nitrogens with zero attached hydrogens (tertiary/aromatic N) is 3. The molecular formula is C10H18N4O3S. The Bertz CT molecular complexity index is 472. The number of anilines is 1. The molecule has 7 nitrogen and oxygen atoms in total. The first-order chi connectivity index (χ1) is 8.43. The van der Waals surface area contributed by atoms with Gasteiger partial charge < -0.3 is 10.4 Å². The summed E-state index contributed by atoms with van der Waals surface area (Å²) in [5.74, 6) is 0.354. The molecule has 0 saturated carbocycles. The number of aliphatic hydroxyl groups excluding tert-OH is 1. The van der Waals surface area contributed by atoms with Gasteiger partial charge in [-0.25, -0.2) is 18.4 Å². The van der Waals surface area contributed by atoms with E-state index in [1.165, 1.54) is 16.7 Å². The van der Waals surface area contributed by atoms with E-state index in [9.17, 15) is 8.42 Å². The van der Waals surface area contributed by atoms with Crippen LogP contribution in [0.4, 0.5) is 5.95 Å². The van der Waals surface area contributed by atoms with E-state index in [0.717, 1.165) is 0 Å². The smallest absolute Gasteiger partial charge is 0.246 e. The van der Waals surface area contributed by atoms with Gasteiger partial charge in [-0.05, 0) is 13.8 Å². The van der Waals surface area contributed by atoms with Gasteiger partial charge in [-0.2, -0.15) is 4.31 Å². The number of nitrogens with one attached hydrogen (secondary N) is 1. The fraction of sp³-hybridized carbons (Fsp3) is 0.600. The summed E-state index contributed by atoms with van der Waals surface area (Å²) >= 11 is 0. The van der Waals surface area contributed by atoms with E-state index in [4.69, 9.17) is 5.11 Å². The van der Waals surface area contributed by atoms with E-state index < -0.39 is 10.0 Å². The Hall–Kier alpha value is -1.25. The minimum absolute atomic E-state index is 0.0173. The number of hydrogen-bond donors (Lipinski definition) is 2. The second-order valence-corrected chi connectivity index (χ2v) is 5.82. The summed E-state index contributed by atoms with van der Waals surface area (Å²) < 4.78 is 25.8. The largest absolute Gasteiger partial charge is 0.395 e. The highest BCUT2D eigenvalue weighted by Crippen LogP contribution is 2.16. The third-order valence-corrected chi connectivity index (χ3v) is 4.38. The first-order valence-electron chi connectivity index (χ1n) is 5.56. The molecule has 0 unspecified atom stereocenters. The van der Waals surface area contributed by atoms with E-state index in [-0.39, 0.29) is 24.1 Å². The summed E-state index contributed by atoms with van der Waals surface area (Å²) in [7, 11) is -2.02. The second kappa shape index (κ2) is 6.07. The van der Waals surface area contributed by atoms with Crippen molar-refractivity contribution in [2.75, 3.05) is 25.5 Å². The van der Waals surface area contributed by atoms with Crippen LogP contribution in [0.3, 0.4) is 0 Å². The van der Waals surface area contributed by atoms with E-state index >= 15 is 0 Å². The molecule has 0 spiro atoms. The van der Waals surface area contributed by atoms with Crippen LogP contribution in [0.1, 0.15) is 13.8 Å². The van der Waals surface area contributed by atoms with E-state index in [2.05, 4.69) is 15.3 Å².